The smallest absolute Gasteiger partial charge is 0.187 e. The Balaban J connectivity index is 2.19. The van der Waals surface area contributed by atoms with Gasteiger partial charge in [0.05, 0.1) is 5.69 Å². The van der Waals surface area contributed by atoms with E-state index in [2.05, 4.69) is 31.5 Å². The Morgan fingerprint density at radius 1 is 1.19 bits per heavy atom. The molecule has 0 unspecified atom stereocenters. The maximum Gasteiger partial charge on any atom is 0.187 e. The monoisotopic (exact) mass is 347 g/mol. The average Bonchev–Trinajstić information content (AvgIpc) is 2.90. The summed E-state index contributed by atoms with van der Waals surface area (Å²) in [5.41, 5.74) is 8.74. The van der Waals surface area contributed by atoms with E-state index in [1.54, 1.807) is 12.1 Å². The number of hydrogen-bond donors (Lipinski definition) is 1. The minimum Gasteiger partial charge on any atom is -0.399 e. The van der Waals surface area contributed by atoms with E-state index in [4.69, 9.17) is 5.73 Å². The van der Waals surface area contributed by atoms with E-state index in [0.717, 1.165) is 11.1 Å². The molecule has 2 N–H and O–H groups in total. The third-order valence-corrected chi connectivity index (χ3v) is 3.77. The summed E-state index contributed by atoms with van der Waals surface area (Å²) in [6.07, 6.45) is 0. The largest absolute Gasteiger partial charge is 0.399 e. The SMILES string of the molecule is Cc1cc(N)ccc1-c1nnnn1-c1cc(F)ccc1Br. The van der Waals surface area contributed by atoms with Gasteiger partial charge in [0.1, 0.15) is 5.82 Å². The highest BCUT2D eigenvalue weighted by Gasteiger charge is 2.15. The highest BCUT2D eigenvalue weighted by molar-refractivity contribution is 9.10. The minimum atomic E-state index is -0.358. The second kappa shape index (κ2) is 5.25. The van der Waals surface area contributed by atoms with E-state index in [1.165, 1.54) is 16.8 Å². The first-order valence-corrected chi connectivity index (χ1v) is 6.96. The van der Waals surface area contributed by atoms with Gasteiger partial charge in [-0.15, -0.1) is 5.10 Å². The van der Waals surface area contributed by atoms with Gasteiger partial charge in [-0.3, -0.25) is 0 Å². The quantitative estimate of drug-likeness (QED) is 0.723. The van der Waals surface area contributed by atoms with Gasteiger partial charge in [-0.05, 0) is 69.2 Å². The summed E-state index contributed by atoms with van der Waals surface area (Å²) in [6, 6.07) is 9.83. The third kappa shape index (κ3) is 2.52. The number of tetrazole rings is 1. The van der Waals surface area contributed by atoms with Gasteiger partial charge in [-0.1, -0.05) is 0 Å². The van der Waals surface area contributed by atoms with E-state index >= 15 is 0 Å². The molecule has 3 aromatic rings. The lowest BCUT2D eigenvalue weighted by Crippen LogP contribution is -2.02. The van der Waals surface area contributed by atoms with Crippen LogP contribution in [0.5, 0.6) is 0 Å². The number of benzene rings is 2. The number of hydrogen-bond acceptors (Lipinski definition) is 4. The van der Waals surface area contributed by atoms with Crippen molar-refractivity contribution in [2.45, 2.75) is 6.92 Å². The van der Waals surface area contributed by atoms with Crippen LogP contribution in [0.15, 0.2) is 40.9 Å². The van der Waals surface area contributed by atoms with Crippen LogP contribution in [-0.4, -0.2) is 20.2 Å². The summed E-state index contributed by atoms with van der Waals surface area (Å²) in [6.45, 7) is 1.92. The van der Waals surface area contributed by atoms with Crippen molar-refractivity contribution >= 4 is 21.6 Å². The van der Waals surface area contributed by atoms with Crippen LogP contribution in [0, 0.1) is 12.7 Å². The van der Waals surface area contributed by atoms with Crippen molar-refractivity contribution in [2.24, 2.45) is 0 Å². The van der Waals surface area contributed by atoms with Crippen LogP contribution < -0.4 is 5.73 Å². The Kier molecular flexibility index (Phi) is 3.42. The molecule has 0 radical (unpaired) electrons. The molecular weight excluding hydrogens is 337 g/mol. The van der Waals surface area contributed by atoms with Crippen LogP contribution in [0.4, 0.5) is 10.1 Å². The Labute approximate surface area is 128 Å². The second-order valence-electron chi connectivity index (χ2n) is 4.58. The lowest BCUT2D eigenvalue weighted by molar-refractivity contribution is 0.624. The first-order valence-electron chi connectivity index (χ1n) is 6.16. The molecular formula is C14H11BrFN5. The Morgan fingerprint density at radius 3 is 2.76 bits per heavy atom. The van der Waals surface area contributed by atoms with Crippen LogP contribution in [0.2, 0.25) is 0 Å². The van der Waals surface area contributed by atoms with Gasteiger partial charge in [0.15, 0.2) is 5.82 Å². The molecule has 1 heterocycles. The van der Waals surface area contributed by atoms with Crippen molar-refractivity contribution in [1.29, 1.82) is 0 Å². The Hall–Kier alpha value is -2.28. The summed E-state index contributed by atoms with van der Waals surface area (Å²) >= 11 is 3.39. The maximum atomic E-state index is 13.5. The number of nitrogens with two attached hydrogens (primary N) is 1. The van der Waals surface area contributed by atoms with Crippen LogP contribution in [0.3, 0.4) is 0 Å². The molecule has 0 atom stereocenters. The number of nitrogen functional groups attached to an aromatic ring is 1. The van der Waals surface area contributed by atoms with Crippen molar-refractivity contribution in [3.05, 3.63) is 52.3 Å². The number of aryl methyl sites for hydroxylation is 1. The molecule has 0 aliphatic heterocycles. The normalized spacial score (nSPS) is 10.8. The van der Waals surface area contributed by atoms with Crippen molar-refractivity contribution in [3.8, 4) is 17.1 Å². The molecule has 5 nitrogen and oxygen atoms in total. The number of aromatic nitrogens is 4. The summed E-state index contributed by atoms with van der Waals surface area (Å²) in [4.78, 5) is 0. The van der Waals surface area contributed by atoms with E-state index in [1.807, 2.05) is 19.1 Å². The summed E-state index contributed by atoms with van der Waals surface area (Å²) in [5.74, 6) is 0.169. The summed E-state index contributed by atoms with van der Waals surface area (Å²) < 4.78 is 15.7. The predicted molar refractivity (Wildman–Crippen MR) is 81.4 cm³/mol. The molecule has 0 aliphatic rings. The van der Waals surface area contributed by atoms with Crippen molar-refractivity contribution in [2.75, 3.05) is 5.73 Å². The maximum absolute atomic E-state index is 13.5. The van der Waals surface area contributed by atoms with E-state index < -0.39 is 0 Å². The van der Waals surface area contributed by atoms with Crippen LogP contribution in [0.25, 0.3) is 17.1 Å². The first kappa shape index (κ1) is 13.7. The van der Waals surface area contributed by atoms with Gasteiger partial charge >= 0.3 is 0 Å². The van der Waals surface area contributed by atoms with Gasteiger partial charge in [0.25, 0.3) is 0 Å². The van der Waals surface area contributed by atoms with Crippen LogP contribution in [-0.2, 0) is 0 Å². The fourth-order valence-corrected chi connectivity index (χ4v) is 2.52. The Bertz CT molecular complexity index is 815. The topological polar surface area (TPSA) is 69.6 Å². The van der Waals surface area contributed by atoms with Crippen LogP contribution >= 0.6 is 15.9 Å². The van der Waals surface area contributed by atoms with Crippen molar-refractivity contribution in [3.63, 3.8) is 0 Å². The predicted octanol–water partition coefficient (Wildman–Crippen LogP) is 3.12. The molecule has 1 aromatic heterocycles. The Morgan fingerprint density at radius 2 is 2.00 bits per heavy atom. The zero-order chi connectivity index (χ0) is 15.0. The standard InChI is InChI=1S/C14H11BrFN5/c1-8-6-10(17)3-4-11(8)14-18-19-20-21(14)13-7-9(16)2-5-12(13)15/h2-7H,17H2,1H3. The van der Waals surface area contributed by atoms with Gasteiger partial charge in [0.2, 0.25) is 0 Å². The minimum absolute atomic E-state index is 0.358. The van der Waals surface area contributed by atoms with Crippen LogP contribution in [0.1, 0.15) is 5.56 Å². The number of nitrogens with zero attached hydrogens (tertiary/aromatic N) is 4. The highest BCUT2D eigenvalue weighted by atomic mass is 79.9. The van der Waals surface area contributed by atoms with Crippen molar-refractivity contribution < 1.29 is 4.39 Å². The van der Waals surface area contributed by atoms with Gasteiger partial charge in [-0.2, -0.15) is 4.68 Å². The van der Waals surface area contributed by atoms with E-state index in [0.29, 0.717) is 21.7 Å². The molecule has 3 rings (SSSR count). The third-order valence-electron chi connectivity index (χ3n) is 3.10. The number of rotatable bonds is 2. The van der Waals surface area contributed by atoms with E-state index in [9.17, 15) is 4.39 Å². The molecule has 0 saturated carbocycles. The molecule has 7 heteroatoms. The number of halogens is 2. The lowest BCUT2D eigenvalue weighted by atomic mass is 10.1. The molecule has 0 bridgehead atoms. The zero-order valence-corrected chi connectivity index (χ0v) is 12.7. The number of anilines is 1. The fourth-order valence-electron chi connectivity index (χ4n) is 2.10. The molecule has 0 fully saturated rings. The first-order chi connectivity index (χ1) is 10.1. The summed E-state index contributed by atoms with van der Waals surface area (Å²) in [7, 11) is 0. The van der Waals surface area contributed by atoms with Gasteiger partial charge in [0, 0.05) is 21.8 Å². The molecule has 0 spiro atoms. The average molecular weight is 348 g/mol. The fraction of sp³-hybridized carbons (Fsp3) is 0.0714. The molecule has 106 valence electrons. The van der Waals surface area contributed by atoms with E-state index in [-0.39, 0.29) is 5.82 Å². The van der Waals surface area contributed by atoms with Crippen molar-refractivity contribution in [1.82, 2.24) is 20.2 Å². The highest BCUT2D eigenvalue weighted by Crippen LogP contribution is 2.28. The molecule has 0 saturated heterocycles. The second-order valence-corrected chi connectivity index (χ2v) is 5.44. The van der Waals surface area contributed by atoms with Gasteiger partial charge in [-0.25, -0.2) is 4.39 Å². The lowest BCUT2D eigenvalue weighted by Gasteiger charge is -2.09. The molecule has 0 aliphatic carbocycles. The summed E-state index contributed by atoms with van der Waals surface area (Å²) in [5, 5.41) is 11.7. The molecule has 21 heavy (non-hydrogen) atoms. The zero-order valence-electron chi connectivity index (χ0n) is 11.1. The molecule has 2 aromatic carbocycles. The van der Waals surface area contributed by atoms with Gasteiger partial charge < -0.3 is 5.73 Å². The molecule has 0 amide bonds.